The third-order valence-corrected chi connectivity index (χ3v) is 2.44. The Balaban J connectivity index is 0.000000673. The summed E-state index contributed by atoms with van der Waals surface area (Å²) in [5, 5.41) is 8.49. The molecule has 0 aromatic carbocycles. The molecule has 0 aliphatic carbocycles. The fraction of sp³-hybridized carbons (Fsp3) is 0.909. The van der Waals surface area contributed by atoms with Crippen LogP contribution in [-0.4, -0.2) is 41.5 Å². The molecule has 3 nitrogen and oxygen atoms in total. The fourth-order valence-corrected chi connectivity index (χ4v) is 1.36. The summed E-state index contributed by atoms with van der Waals surface area (Å²) in [6.45, 7) is 4.79. The van der Waals surface area contributed by atoms with Crippen LogP contribution in [0.2, 0.25) is 0 Å². The van der Waals surface area contributed by atoms with Gasteiger partial charge in [-0.05, 0) is 6.42 Å². The van der Waals surface area contributed by atoms with E-state index in [2.05, 4.69) is 13.8 Å². The van der Waals surface area contributed by atoms with Crippen molar-refractivity contribution in [2.45, 2.75) is 39.5 Å². The van der Waals surface area contributed by atoms with Gasteiger partial charge in [0.05, 0.1) is 6.54 Å². The molecule has 0 spiro atoms. The van der Waals surface area contributed by atoms with Crippen molar-refractivity contribution in [3.63, 3.8) is 0 Å². The molecule has 96 valence electrons. The number of nitrogens with zero attached hydrogens (tertiary/aromatic N) is 1. The van der Waals surface area contributed by atoms with Crippen molar-refractivity contribution >= 4 is 5.91 Å². The molecule has 1 amide bonds. The lowest BCUT2D eigenvalue weighted by atomic mass is 9.95. The van der Waals surface area contributed by atoms with E-state index in [9.17, 15) is 13.6 Å². The van der Waals surface area contributed by atoms with Crippen LogP contribution in [0.4, 0.5) is 8.78 Å². The van der Waals surface area contributed by atoms with Crippen LogP contribution in [0.25, 0.3) is 0 Å². The van der Waals surface area contributed by atoms with Crippen LogP contribution in [-0.2, 0) is 4.79 Å². The Morgan fingerprint density at radius 2 is 2.00 bits per heavy atom. The number of likely N-dealkylation sites (tertiary alicyclic amines) is 1. The largest absolute Gasteiger partial charge is 0.387 e. The number of piperidine rings is 1. The first-order valence-electron chi connectivity index (χ1n) is 5.65. The van der Waals surface area contributed by atoms with E-state index in [1.807, 2.05) is 0 Å². The highest BCUT2D eigenvalue weighted by Crippen LogP contribution is 2.32. The zero-order chi connectivity index (χ0) is 12.8. The van der Waals surface area contributed by atoms with Gasteiger partial charge in [-0.2, -0.15) is 0 Å². The standard InChI is InChI=1S/C8H13F2NO2.C3H8/c1-6-2-3-11(7(13)4-12)5-8(6,9)10;1-3-2/h6,12H,2-5H2,1H3;3H2,1-2H3. The molecule has 0 radical (unpaired) electrons. The molecule has 1 heterocycles. The number of hydrogen-bond donors (Lipinski definition) is 1. The highest BCUT2D eigenvalue weighted by Gasteiger charge is 2.42. The Labute approximate surface area is 95.4 Å². The number of alkyl halides is 2. The minimum atomic E-state index is -2.82. The van der Waals surface area contributed by atoms with E-state index in [0.717, 1.165) is 4.90 Å². The first-order valence-corrected chi connectivity index (χ1v) is 5.65. The number of carbonyl (C=O) groups is 1. The molecule has 0 bridgehead atoms. The lowest BCUT2D eigenvalue weighted by Crippen LogP contribution is -2.50. The van der Waals surface area contributed by atoms with E-state index in [1.54, 1.807) is 0 Å². The molecular formula is C11H21F2NO2. The number of halogens is 2. The number of carbonyl (C=O) groups excluding carboxylic acids is 1. The quantitative estimate of drug-likeness (QED) is 0.756. The maximum atomic E-state index is 13.1. The van der Waals surface area contributed by atoms with Gasteiger partial charge in [0.1, 0.15) is 6.61 Å². The predicted octanol–water partition coefficient (Wildman–Crippen LogP) is 1.90. The Morgan fingerprint density at radius 1 is 1.50 bits per heavy atom. The molecule has 1 aliphatic rings. The molecule has 16 heavy (non-hydrogen) atoms. The SMILES string of the molecule is CC1CCN(C(=O)CO)CC1(F)F.CCC. The Hall–Kier alpha value is -0.710. The van der Waals surface area contributed by atoms with Crippen LogP contribution in [0.3, 0.4) is 0 Å². The smallest absolute Gasteiger partial charge is 0.267 e. The summed E-state index contributed by atoms with van der Waals surface area (Å²) >= 11 is 0. The highest BCUT2D eigenvalue weighted by molar-refractivity contribution is 5.77. The van der Waals surface area contributed by atoms with Gasteiger partial charge in [0.25, 0.3) is 5.92 Å². The average molecular weight is 237 g/mol. The molecule has 1 saturated heterocycles. The van der Waals surface area contributed by atoms with Gasteiger partial charge in [-0.1, -0.05) is 27.2 Å². The summed E-state index contributed by atoms with van der Waals surface area (Å²) in [5.41, 5.74) is 0. The number of amides is 1. The fourth-order valence-electron chi connectivity index (χ4n) is 1.36. The van der Waals surface area contributed by atoms with Crippen LogP contribution in [0.15, 0.2) is 0 Å². The van der Waals surface area contributed by atoms with Gasteiger partial charge in [-0.15, -0.1) is 0 Å². The second-order valence-electron chi connectivity index (χ2n) is 4.13. The minimum Gasteiger partial charge on any atom is -0.387 e. The highest BCUT2D eigenvalue weighted by atomic mass is 19.3. The van der Waals surface area contributed by atoms with Crippen LogP contribution in [0.5, 0.6) is 0 Å². The normalized spacial score (nSPS) is 23.4. The van der Waals surface area contributed by atoms with Crippen LogP contribution < -0.4 is 0 Å². The van der Waals surface area contributed by atoms with E-state index in [1.165, 1.54) is 13.3 Å². The zero-order valence-electron chi connectivity index (χ0n) is 10.2. The van der Waals surface area contributed by atoms with Gasteiger partial charge < -0.3 is 10.0 Å². The Kier molecular flexibility index (Phi) is 6.48. The third-order valence-electron chi connectivity index (χ3n) is 2.44. The summed E-state index contributed by atoms with van der Waals surface area (Å²) in [5.74, 6) is -4.12. The predicted molar refractivity (Wildman–Crippen MR) is 58.4 cm³/mol. The maximum Gasteiger partial charge on any atom is 0.267 e. The summed E-state index contributed by atoms with van der Waals surface area (Å²) in [4.78, 5) is 11.9. The van der Waals surface area contributed by atoms with E-state index in [4.69, 9.17) is 5.11 Å². The minimum absolute atomic E-state index is 0.290. The van der Waals surface area contributed by atoms with Crippen molar-refractivity contribution in [2.75, 3.05) is 19.7 Å². The number of aliphatic hydroxyl groups excluding tert-OH is 1. The van der Waals surface area contributed by atoms with Crippen molar-refractivity contribution in [3.05, 3.63) is 0 Å². The molecule has 1 fully saturated rings. The molecule has 1 aliphatic heterocycles. The molecule has 1 rings (SSSR count). The van der Waals surface area contributed by atoms with Crippen LogP contribution in [0.1, 0.15) is 33.6 Å². The average Bonchev–Trinajstić information content (AvgIpc) is 2.22. The number of hydrogen-bond acceptors (Lipinski definition) is 2. The lowest BCUT2D eigenvalue weighted by molar-refractivity contribution is -0.151. The van der Waals surface area contributed by atoms with Gasteiger partial charge in [-0.25, -0.2) is 8.78 Å². The van der Waals surface area contributed by atoms with Gasteiger partial charge in [0.2, 0.25) is 5.91 Å². The Morgan fingerprint density at radius 3 is 2.38 bits per heavy atom. The molecule has 0 aromatic heterocycles. The van der Waals surface area contributed by atoms with Gasteiger partial charge in [0.15, 0.2) is 0 Å². The molecule has 1 N–H and O–H groups in total. The second-order valence-corrected chi connectivity index (χ2v) is 4.13. The second kappa shape index (κ2) is 6.78. The molecule has 1 unspecified atom stereocenters. The summed E-state index contributed by atoms with van der Waals surface area (Å²) in [7, 11) is 0. The summed E-state index contributed by atoms with van der Waals surface area (Å²) in [6.07, 6.45) is 1.54. The van der Waals surface area contributed by atoms with Crippen molar-refractivity contribution in [1.82, 2.24) is 4.90 Å². The first kappa shape index (κ1) is 15.3. The summed E-state index contributed by atoms with van der Waals surface area (Å²) < 4.78 is 26.1. The van der Waals surface area contributed by atoms with E-state index in [-0.39, 0.29) is 0 Å². The number of rotatable bonds is 1. The molecule has 1 atom stereocenters. The first-order chi connectivity index (χ1) is 7.38. The van der Waals surface area contributed by atoms with E-state index in [0.29, 0.717) is 13.0 Å². The monoisotopic (exact) mass is 237 g/mol. The summed E-state index contributed by atoms with van der Waals surface area (Å²) in [6, 6.07) is 0. The van der Waals surface area contributed by atoms with Crippen molar-refractivity contribution in [3.8, 4) is 0 Å². The van der Waals surface area contributed by atoms with Gasteiger partial charge in [-0.3, -0.25) is 4.79 Å². The van der Waals surface area contributed by atoms with Gasteiger partial charge >= 0.3 is 0 Å². The Bertz CT molecular complexity index is 222. The third kappa shape index (κ3) is 4.43. The van der Waals surface area contributed by atoms with Crippen molar-refractivity contribution in [1.29, 1.82) is 0 Å². The molecule has 5 heteroatoms. The van der Waals surface area contributed by atoms with E-state index >= 15 is 0 Å². The van der Waals surface area contributed by atoms with Crippen LogP contribution in [0, 0.1) is 5.92 Å². The van der Waals surface area contributed by atoms with Crippen molar-refractivity contribution < 1.29 is 18.7 Å². The lowest BCUT2D eigenvalue weighted by Gasteiger charge is -2.36. The molecule has 0 saturated carbocycles. The van der Waals surface area contributed by atoms with Crippen LogP contribution >= 0.6 is 0 Å². The topological polar surface area (TPSA) is 40.5 Å². The number of aliphatic hydroxyl groups is 1. The molecule has 0 aromatic rings. The van der Waals surface area contributed by atoms with Crippen molar-refractivity contribution in [2.24, 2.45) is 5.92 Å². The van der Waals surface area contributed by atoms with Gasteiger partial charge in [0, 0.05) is 12.5 Å². The van der Waals surface area contributed by atoms with E-state index < -0.39 is 30.9 Å². The zero-order valence-corrected chi connectivity index (χ0v) is 10.2. The molecular weight excluding hydrogens is 216 g/mol. The maximum absolute atomic E-state index is 13.1.